The van der Waals surface area contributed by atoms with E-state index in [1.807, 2.05) is 32.0 Å². The average Bonchev–Trinajstić information content (AvgIpc) is 3.34. The number of anilines is 1. The normalized spacial score (nSPS) is 10.7. The van der Waals surface area contributed by atoms with Gasteiger partial charge in [-0.25, -0.2) is 0 Å². The number of nitrogens with zero attached hydrogens (tertiary/aromatic N) is 3. The van der Waals surface area contributed by atoms with Gasteiger partial charge in [0.15, 0.2) is 5.76 Å². The molecule has 0 radical (unpaired) electrons. The fourth-order valence-corrected chi connectivity index (χ4v) is 2.65. The van der Waals surface area contributed by atoms with Gasteiger partial charge in [-0.1, -0.05) is 17.3 Å². The Morgan fingerprint density at radius 2 is 2.00 bits per heavy atom. The fraction of sp³-hybridized carbons (Fsp3) is 0.300. The standard InChI is InChI=1S/C20H22N4O4/c1-13-6-4-7-15(14(13)2)21-17(25)12-24(3)19(26)10-9-18-22-20(23-28-18)16-8-5-11-27-16/h4-8,11H,9-10,12H2,1-3H3,(H,21,25). The molecule has 8 heteroatoms. The Labute approximate surface area is 162 Å². The van der Waals surface area contributed by atoms with Crippen molar-refractivity contribution in [2.75, 3.05) is 18.9 Å². The molecule has 0 saturated heterocycles. The molecule has 3 aromatic rings. The zero-order chi connectivity index (χ0) is 20.1. The highest BCUT2D eigenvalue weighted by molar-refractivity contribution is 5.95. The molecular formula is C20H22N4O4. The van der Waals surface area contributed by atoms with E-state index in [2.05, 4.69) is 15.5 Å². The summed E-state index contributed by atoms with van der Waals surface area (Å²) in [4.78, 5) is 30.1. The number of likely N-dealkylation sites (N-methyl/N-ethyl adjacent to an activating group) is 1. The molecule has 0 fully saturated rings. The largest absolute Gasteiger partial charge is 0.461 e. The van der Waals surface area contributed by atoms with Crippen LogP contribution in [0.3, 0.4) is 0 Å². The van der Waals surface area contributed by atoms with Gasteiger partial charge in [-0.05, 0) is 43.2 Å². The molecule has 0 bridgehead atoms. The van der Waals surface area contributed by atoms with Crippen molar-refractivity contribution in [2.24, 2.45) is 0 Å². The summed E-state index contributed by atoms with van der Waals surface area (Å²) >= 11 is 0. The lowest BCUT2D eigenvalue weighted by Gasteiger charge is -2.17. The quantitative estimate of drug-likeness (QED) is 0.674. The first kappa shape index (κ1) is 19.3. The topological polar surface area (TPSA) is 101 Å². The van der Waals surface area contributed by atoms with E-state index in [0.29, 0.717) is 17.5 Å². The van der Waals surface area contributed by atoms with E-state index < -0.39 is 0 Å². The summed E-state index contributed by atoms with van der Waals surface area (Å²) in [5, 5.41) is 6.67. The van der Waals surface area contributed by atoms with Crippen LogP contribution in [-0.4, -0.2) is 40.4 Å². The number of furan rings is 1. The number of amides is 2. The van der Waals surface area contributed by atoms with Crippen LogP contribution in [0.2, 0.25) is 0 Å². The van der Waals surface area contributed by atoms with Gasteiger partial charge in [0, 0.05) is 25.6 Å². The zero-order valence-corrected chi connectivity index (χ0v) is 16.1. The van der Waals surface area contributed by atoms with Gasteiger partial charge in [-0.2, -0.15) is 4.98 Å². The minimum atomic E-state index is -0.248. The maximum atomic E-state index is 12.3. The highest BCUT2D eigenvalue weighted by Crippen LogP contribution is 2.18. The van der Waals surface area contributed by atoms with Crippen LogP contribution in [0.5, 0.6) is 0 Å². The van der Waals surface area contributed by atoms with Gasteiger partial charge in [-0.15, -0.1) is 0 Å². The number of rotatable bonds is 7. The molecule has 1 N–H and O–H groups in total. The Hall–Kier alpha value is -3.42. The monoisotopic (exact) mass is 382 g/mol. The van der Waals surface area contributed by atoms with Crippen LogP contribution < -0.4 is 5.32 Å². The van der Waals surface area contributed by atoms with Crippen molar-refractivity contribution in [3.8, 4) is 11.6 Å². The van der Waals surface area contributed by atoms with Crippen molar-refractivity contribution in [3.05, 3.63) is 53.6 Å². The molecule has 0 saturated carbocycles. The molecule has 3 rings (SSSR count). The smallest absolute Gasteiger partial charge is 0.243 e. The number of nitrogens with one attached hydrogen (secondary N) is 1. The van der Waals surface area contributed by atoms with Crippen molar-refractivity contribution in [1.29, 1.82) is 0 Å². The highest BCUT2D eigenvalue weighted by Gasteiger charge is 2.16. The van der Waals surface area contributed by atoms with Crippen LogP contribution in [0.4, 0.5) is 5.69 Å². The third kappa shape index (κ3) is 4.64. The SMILES string of the molecule is Cc1cccc(NC(=O)CN(C)C(=O)CCc2nc(-c3ccco3)no2)c1C. The molecule has 0 aliphatic rings. The highest BCUT2D eigenvalue weighted by atomic mass is 16.5. The van der Waals surface area contributed by atoms with Crippen LogP contribution in [-0.2, 0) is 16.0 Å². The third-order valence-electron chi connectivity index (χ3n) is 4.45. The van der Waals surface area contributed by atoms with Gasteiger partial charge in [0.05, 0.1) is 12.8 Å². The summed E-state index contributed by atoms with van der Waals surface area (Å²) in [6.07, 6.45) is 1.97. The molecule has 1 aromatic carbocycles. The molecule has 28 heavy (non-hydrogen) atoms. The predicted molar refractivity (Wildman–Crippen MR) is 103 cm³/mol. The number of aromatic nitrogens is 2. The summed E-state index contributed by atoms with van der Waals surface area (Å²) < 4.78 is 10.3. The van der Waals surface area contributed by atoms with E-state index >= 15 is 0 Å². The summed E-state index contributed by atoms with van der Waals surface area (Å²) in [5.41, 5.74) is 2.85. The van der Waals surface area contributed by atoms with E-state index in [0.717, 1.165) is 16.8 Å². The van der Waals surface area contributed by atoms with Crippen LogP contribution in [0.25, 0.3) is 11.6 Å². The van der Waals surface area contributed by atoms with Gasteiger partial charge < -0.3 is 19.2 Å². The van der Waals surface area contributed by atoms with Crippen LogP contribution in [0.15, 0.2) is 45.5 Å². The zero-order valence-electron chi connectivity index (χ0n) is 16.1. The molecule has 146 valence electrons. The number of carbonyl (C=O) groups excluding carboxylic acids is 2. The first-order valence-electron chi connectivity index (χ1n) is 8.90. The lowest BCUT2D eigenvalue weighted by molar-refractivity contribution is -0.133. The van der Waals surface area contributed by atoms with Crippen molar-refractivity contribution < 1.29 is 18.5 Å². The van der Waals surface area contributed by atoms with Gasteiger partial charge in [0.25, 0.3) is 0 Å². The number of hydrogen-bond donors (Lipinski definition) is 1. The Kier molecular flexibility index (Phi) is 5.88. The van der Waals surface area contributed by atoms with E-state index in [-0.39, 0.29) is 31.2 Å². The van der Waals surface area contributed by atoms with Gasteiger partial charge in [0.2, 0.25) is 23.5 Å². The second-order valence-electron chi connectivity index (χ2n) is 6.53. The maximum absolute atomic E-state index is 12.3. The number of carbonyl (C=O) groups is 2. The molecule has 0 unspecified atom stereocenters. The van der Waals surface area contributed by atoms with E-state index in [4.69, 9.17) is 8.94 Å². The van der Waals surface area contributed by atoms with Gasteiger partial charge in [-0.3, -0.25) is 9.59 Å². The maximum Gasteiger partial charge on any atom is 0.243 e. The molecule has 0 aliphatic carbocycles. The second-order valence-corrected chi connectivity index (χ2v) is 6.53. The van der Waals surface area contributed by atoms with Gasteiger partial charge in [0.1, 0.15) is 0 Å². The summed E-state index contributed by atoms with van der Waals surface area (Å²) in [5.74, 6) is 0.750. The molecule has 0 atom stereocenters. The lowest BCUT2D eigenvalue weighted by atomic mass is 10.1. The first-order chi connectivity index (χ1) is 13.4. The fourth-order valence-electron chi connectivity index (χ4n) is 2.65. The first-order valence-corrected chi connectivity index (χ1v) is 8.90. The molecule has 0 aliphatic heterocycles. The van der Waals surface area contributed by atoms with E-state index in [1.54, 1.807) is 19.2 Å². The Morgan fingerprint density at radius 3 is 2.75 bits per heavy atom. The van der Waals surface area contributed by atoms with Crippen LogP contribution in [0, 0.1) is 13.8 Å². The lowest BCUT2D eigenvalue weighted by Crippen LogP contribution is -2.35. The van der Waals surface area contributed by atoms with Crippen LogP contribution in [0.1, 0.15) is 23.4 Å². The molecule has 8 nitrogen and oxygen atoms in total. The van der Waals surface area contributed by atoms with E-state index in [9.17, 15) is 9.59 Å². The summed E-state index contributed by atoms with van der Waals surface area (Å²) in [6, 6.07) is 9.16. The summed E-state index contributed by atoms with van der Waals surface area (Å²) in [6.45, 7) is 3.89. The van der Waals surface area contributed by atoms with Gasteiger partial charge >= 0.3 is 0 Å². The van der Waals surface area contributed by atoms with Crippen molar-refractivity contribution in [3.63, 3.8) is 0 Å². The minimum Gasteiger partial charge on any atom is -0.461 e. The Bertz CT molecular complexity index is 963. The summed E-state index contributed by atoms with van der Waals surface area (Å²) in [7, 11) is 1.59. The Morgan fingerprint density at radius 1 is 1.18 bits per heavy atom. The number of benzene rings is 1. The second kappa shape index (κ2) is 8.51. The minimum absolute atomic E-state index is 0.0340. The number of aryl methyl sites for hydroxylation is 2. The van der Waals surface area contributed by atoms with Crippen LogP contribution >= 0.6 is 0 Å². The molecule has 0 spiro atoms. The molecular weight excluding hydrogens is 360 g/mol. The molecule has 2 heterocycles. The molecule has 2 aromatic heterocycles. The number of hydrogen-bond acceptors (Lipinski definition) is 6. The third-order valence-corrected chi connectivity index (χ3v) is 4.45. The van der Waals surface area contributed by atoms with E-state index in [1.165, 1.54) is 11.2 Å². The van der Waals surface area contributed by atoms with Crippen molar-refractivity contribution in [1.82, 2.24) is 15.0 Å². The van der Waals surface area contributed by atoms with Crippen molar-refractivity contribution >= 4 is 17.5 Å². The predicted octanol–water partition coefficient (Wildman–Crippen LogP) is 2.98. The van der Waals surface area contributed by atoms with Crippen molar-refractivity contribution in [2.45, 2.75) is 26.7 Å². The molecule has 2 amide bonds. The average molecular weight is 382 g/mol. The Balaban J connectivity index is 1.49.